The molecule has 1 amide bonds. The number of amides is 1. The van der Waals surface area contributed by atoms with Gasteiger partial charge in [-0.05, 0) is 36.8 Å². The van der Waals surface area contributed by atoms with Gasteiger partial charge in [0.1, 0.15) is 27.0 Å². The van der Waals surface area contributed by atoms with Crippen molar-refractivity contribution in [2.24, 2.45) is 5.73 Å². The lowest BCUT2D eigenvalue weighted by Gasteiger charge is -2.20. The van der Waals surface area contributed by atoms with Crippen molar-refractivity contribution in [3.8, 4) is 5.75 Å². The number of aromatic hydroxyl groups is 1. The highest BCUT2D eigenvalue weighted by Gasteiger charge is 2.38. The molecule has 3 heterocycles. The van der Waals surface area contributed by atoms with E-state index in [1.165, 1.54) is 23.1 Å². The second-order valence-electron chi connectivity index (χ2n) is 8.05. The summed E-state index contributed by atoms with van der Waals surface area (Å²) in [6.45, 7) is 0.222. The van der Waals surface area contributed by atoms with Gasteiger partial charge in [0.2, 0.25) is 5.91 Å². The summed E-state index contributed by atoms with van der Waals surface area (Å²) in [6, 6.07) is 6.63. The van der Waals surface area contributed by atoms with Crippen molar-refractivity contribution in [2.45, 2.75) is 29.4 Å². The second kappa shape index (κ2) is 11.2. The molecule has 0 bridgehead atoms. The maximum Gasteiger partial charge on any atom is 0.490 e. The molecule has 1 aromatic carbocycles. The molecule has 18 heteroatoms. The third-order valence-electron chi connectivity index (χ3n) is 5.38. The number of carboxylic acid groups (broad SMARTS) is 1. The number of alkyl halides is 3. The van der Waals surface area contributed by atoms with E-state index in [1.807, 2.05) is 0 Å². The summed E-state index contributed by atoms with van der Waals surface area (Å²) in [5, 5.41) is 25.3. The van der Waals surface area contributed by atoms with Crippen LogP contribution in [0, 0.1) is 5.41 Å². The summed E-state index contributed by atoms with van der Waals surface area (Å²) in [4.78, 5) is 27.3. The van der Waals surface area contributed by atoms with E-state index in [0.29, 0.717) is 10.2 Å². The summed E-state index contributed by atoms with van der Waals surface area (Å²) >= 11 is 6.89. The van der Waals surface area contributed by atoms with Crippen molar-refractivity contribution >= 4 is 66.6 Å². The number of aliphatic carboxylic acids is 1. The number of rotatable bonds is 6. The van der Waals surface area contributed by atoms with Crippen LogP contribution in [-0.4, -0.2) is 65.0 Å². The van der Waals surface area contributed by atoms with Crippen molar-refractivity contribution in [3.63, 3.8) is 0 Å². The van der Waals surface area contributed by atoms with Crippen molar-refractivity contribution in [1.82, 2.24) is 14.6 Å². The molecule has 1 atom stereocenters. The number of carbonyl (C=O) groups excluding carboxylic acids is 1. The van der Waals surface area contributed by atoms with E-state index >= 15 is 0 Å². The first kappa shape index (κ1) is 29.9. The number of pyridine rings is 1. The Balaban J connectivity index is 0.000000532. The van der Waals surface area contributed by atoms with Crippen LogP contribution in [0.25, 0.3) is 10.2 Å². The fourth-order valence-corrected chi connectivity index (χ4v) is 6.20. The molecule has 39 heavy (non-hydrogen) atoms. The van der Waals surface area contributed by atoms with E-state index in [0.717, 1.165) is 11.3 Å². The van der Waals surface area contributed by atoms with Crippen LogP contribution in [0.2, 0.25) is 5.15 Å². The lowest BCUT2D eigenvalue weighted by Crippen LogP contribution is -2.41. The van der Waals surface area contributed by atoms with Crippen molar-refractivity contribution in [1.29, 1.82) is 5.41 Å². The molecule has 0 radical (unpaired) electrons. The fraction of sp³-hybridized carbons (Fsp3) is 0.238. The van der Waals surface area contributed by atoms with Gasteiger partial charge in [0.25, 0.3) is 10.0 Å². The molecule has 0 spiro atoms. The first-order chi connectivity index (χ1) is 18.0. The predicted molar refractivity (Wildman–Crippen MR) is 136 cm³/mol. The summed E-state index contributed by atoms with van der Waals surface area (Å²) in [5.41, 5.74) is 12.5. The topological polar surface area (TPSA) is 213 Å². The number of thiophene rings is 1. The molecule has 8 N–H and O–H groups in total. The Kier molecular flexibility index (Phi) is 8.59. The number of sulfonamides is 1. The standard InChI is InChI=1S/C19H19ClN6O4S2.C2HF3O2/c20-15-4-3-14-13(24-15)7-16(31-14)32(29,30)25-12-5-6-26(19(12)28)8-10-11(21)2-1-9(17(10)27)18(22)23;3-2(4,5)1(6)7/h1-4,7,12,25,27H,5-6,8,21H2,(H3,22,23);(H,6,7)/t12-;/m0./s1. The van der Waals surface area contributed by atoms with Gasteiger partial charge in [-0.2, -0.15) is 17.9 Å². The Morgan fingerprint density at radius 2 is 1.95 bits per heavy atom. The van der Waals surface area contributed by atoms with Crippen LogP contribution >= 0.6 is 22.9 Å². The first-order valence-electron chi connectivity index (χ1n) is 10.6. The number of carboxylic acids is 1. The van der Waals surface area contributed by atoms with E-state index in [-0.39, 0.29) is 57.3 Å². The quantitative estimate of drug-likeness (QED) is 0.105. The number of anilines is 1. The van der Waals surface area contributed by atoms with E-state index in [2.05, 4.69) is 9.71 Å². The number of halogens is 4. The molecule has 12 nitrogen and oxygen atoms in total. The van der Waals surface area contributed by atoms with Crippen LogP contribution < -0.4 is 16.2 Å². The largest absolute Gasteiger partial charge is 0.507 e. The van der Waals surface area contributed by atoms with E-state index in [1.54, 1.807) is 12.1 Å². The van der Waals surface area contributed by atoms with E-state index in [9.17, 15) is 31.5 Å². The zero-order chi connectivity index (χ0) is 29.3. The van der Waals surface area contributed by atoms with Crippen molar-refractivity contribution < 1.29 is 41.4 Å². The number of nitrogen functional groups attached to an aromatic ring is 2. The van der Waals surface area contributed by atoms with Gasteiger partial charge in [-0.3, -0.25) is 10.2 Å². The summed E-state index contributed by atoms with van der Waals surface area (Å²) < 4.78 is 60.6. The number of nitrogens with one attached hydrogen (secondary N) is 2. The molecular formula is C21H20ClF3N6O6S2. The minimum Gasteiger partial charge on any atom is -0.507 e. The average molecular weight is 609 g/mol. The third kappa shape index (κ3) is 6.86. The number of aromatic nitrogens is 1. The smallest absolute Gasteiger partial charge is 0.490 e. The molecule has 0 unspecified atom stereocenters. The summed E-state index contributed by atoms with van der Waals surface area (Å²) in [5.74, 6) is -3.80. The number of nitrogens with zero attached hydrogens (tertiary/aromatic N) is 2. The van der Waals surface area contributed by atoms with Gasteiger partial charge >= 0.3 is 12.1 Å². The van der Waals surface area contributed by atoms with Gasteiger partial charge in [-0.1, -0.05) is 11.6 Å². The highest BCUT2D eigenvalue weighted by molar-refractivity contribution is 7.91. The van der Waals surface area contributed by atoms with Gasteiger partial charge < -0.3 is 26.6 Å². The lowest BCUT2D eigenvalue weighted by molar-refractivity contribution is -0.192. The highest BCUT2D eigenvalue weighted by Crippen LogP contribution is 2.32. The van der Waals surface area contributed by atoms with Crippen molar-refractivity contribution in [3.05, 3.63) is 46.6 Å². The molecule has 3 aromatic rings. The molecular weight excluding hydrogens is 589 g/mol. The minimum atomic E-state index is -5.08. The molecule has 0 aliphatic carbocycles. The SMILES string of the molecule is N=C(N)c1ccc(N)c(CN2CC[C@H](NS(=O)(=O)c3cc4nc(Cl)ccc4s3)C2=O)c1O.O=C(O)C(F)(F)F. The zero-order valence-electron chi connectivity index (χ0n) is 19.5. The number of likely N-dealkylation sites (tertiary alicyclic amines) is 1. The third-order valence-corrected chi connectivity index (χ3v) is 8.62. The zero-order valence-corrected chi connectivity index (χ0v) is 21.9. The Hall–Kier alpha value is -3.67. The maximum absolute atomic E-state index is 12.9. The normalized spacial score (nSPS) is 15.7. The molecule has 1 aliphatic heterocycles. The number of fused-ring (bicyclic) bond motifs is 1. The number of phenolic OH excluding ortho intramolecular Hbond substituents is 1. The Bertz CT molecular complexity index is 1560. The number of phenols is 1. The van der Waals surface area contributed by atoms with Crippen LogP contribution in [-0.2, 0) is 26.2 Å². The number of amidine groups is 1. The van der Waals surface area contributed by atoms with Gasteiger partial charge in [0.15, 0.2) is 0 Å². The van der Waals surface area contributed by atoms with Gasteiger partial charge in [0.05, 0.1) is 22.3 Å². The first-order valence-corrected chi connectivity index (χ1v) is 13.3. The van der Waals surface area contributed by atoms with Crippen molar-refractivity contribution in [2.75, 3.05) is 12.3 Å². The molecule has 2 aromatic heterocycles. The molecule has 1 aliphatic rings. The summed E-state index contributed by atoms with van der Waals surface area (Å²) in [6.07, 6.45) is -4.83. The Morgan fingerprint density at radius 1 is 1.31 bits per heavy atom. The van der Waals surface area contributed by atoms with Gasteiger partial charge in [-0.15, -0.1) is 11.3 Å². The van der Waals surface area contributed by atoms with Crippen LogP contribution in [0.15, 0.2) is 34.5 Å². The number of hydrogen-bond donors (Lipinski definition) is 6. The molecule has 4 rings (SSSR count). The molecule has 210 valence electrons. The van der Waals surface area contributed by atoms with Crippen LogP contribution in [0.5, 0.6) is 5.75 Å². The minimum absolute atomic E-state index is 0.0320. The van der Waals surface area contributed by atoms with Crippen LogP contribution in [0.4, 0.5) is 18.9 Å². The fourth-order valence-electron chi connectivity index (χ4n) is 3.49. The van der Waals surface area contributed by atoms with Crippen LogP contribution in [0.3, 0.4) is 0 Å². The van der Waals surface area contributed by atoms with Gasteiger partial charge in [-0.25, -0.2) is 18.2 Å². The predicted octanol–water partition coefficient (Wildman–Crippen LogP) is 2.23. The maximum atomic E-state index is 12.9. The number of benzene rings is 1. The monoisotopic (exact) mass is 608 g/mol. The van der Waals surface area contributed by atoms with Crippen LogP contribution in [0.1, 0.15) is 17.5 Å². The molecule has 1 fully saturated rings. The number of nitrogens with two attached hydrogens (primary N) is 2. The number of hydrogen-bond acceptors (Lipinski definition) is 9. The summed E-state index contributed by atoms with van der Waals surface area (Å²) in [7, 11) is -3.96. The van der Waals surface area contributed by atoms with E-state index in [4.69, 9.17) is 38.4 Å². The molecule has 1 saturated heterocycles. The number of carbonyl (C=O) groups is 2. The Morgan fingerprint density at radius 3 is 2.54 bits per heavy atom. The highest BCUT2D eigenvalue weighted by atomic mass is 35.5. The average Bonchev–Trinajstić information content (AvgIpc) is 3.40. The van der Waals surface area contributed by atoms with E-state index < -0.39 is 34.1 Å². The Labute approximate surface area is 227 Å². The lowest BCUT2D eigenvalue weighted by atomic mass is 10.1. The second-order valence-corrected chi connectivity index (χ2v) is 11.5. The van der Waals surface area contributed by atoms with Gasteiger partial charge in [0, 0.05) is 17.8 Å². The molecule has 0 saturated carbocycles.